The molecule has 1 aromatic heterocycles. The average molecular weight is 598 g/mol. The number of nitrogens with zero attached hydrogens (tertiary/aromatic N) is 3. The number of carbonyl (C=O) groups is 3. The number of hydrogen-bond acceptors (Lipinski definition) is 6. The maximum absolute atomic E-state index is 13.0. The van der Waals surface area contributed by atoms with E-state index in [0.29, 0.717) is 32.7 Å². The Balaban J connectivity index is 0.947. The molecule has 7 rings (SSSR count). The molecule has 3 aromatic rings. The van der Waals surface area contributed by atoms with Crippen LogP contribution in [0.4, 0.5) is 5.69 Å². The second-order valence-corrected chi connectivity index (χ2v) is 12.3. The van der Waals surface area contributed by atoms with E-state index in [4.69, 9.17) is 9.47 Å². The van der Waals surface area contributed by atoms with E-state index >= 15 is 0 Å². The van der Waals surface area contributed by atoms with Crippen LogP contribution in [-0.4, -0.2) is 82.5 Å². The van der Waals surface area contributed by atoms with E-state index in [1.54, 1.807) is 4.90 Å². The zero-order valence-corrected chi connectivity index (χ0v) is 24.9. The van der Waals surface area contributed by atoms with Crippen LogP contribution in [0.15, 0.2) is 54.7 Å². The quantitative estimate of drug-likeness (QED) is 0.413. The summed E-state index contributed by atoms with van der Waals surface area (Å²) in [5, 5.41) is 3.02. The molecule has 10 nitrogen and oxygen atoms in total. The molecule has 0 aliphatic carbocycles. The van der Waals surface area contributed by atoms with Gasteiger partial charge in [-0.25, -0.2) is 4.98 Å². The first-order chi connectivity index (χ1) is 21.5. The SMILES string of the molecule is O=C(Nc1ccc(-c2ccc(-c3cnc([C@@H]4CCCN4C(=O)[C@@H]4CCCO4)[nH]3)cc2)cc1)[C@@H]1CCN(C(=O)[C@@H]2CCCO2)C1. The summed E-state index contributed by atoms with van der Waals surface area (Å²) in [6.07, 6.45) is 7.15. The van der Waals surface area contributed by atoms with Gasteiger partial charge in [0.2, 0.25) is 5.91 Å². The van der Waals surface area contributed by atoms with Crippen molar-refractivity contribution in [2.45, 2.75) is 63.2 Å². The molecular formula is C34H39N5O5. The topological polar surface area (TPSA) is 117 Å². The predicted molar refractivity (Wildman–Crippen MR) is 164 cm³/mol. The summed E-state index contributed by atoms with van der Waals surface area (Å²) in [6, 6.07) is 16.1. The number of aromatic nitrogens is 2. The fourth-order valence-corrected chi connectivity index (χ4v) is 6.91. The third kappa shape index (κ3) is 5.88. The van der Waals surface area contributed by atoms with Gasteiger partial charge in [0, 0.05) is 38.5 Å². The van der Waals surface area contributed by atoms with Crippen LogP contribution in [-0.2, 0) is 23.9 Å². The number of amides is 3. The van der Waals surface area contributed by atoms with E-state index < -0.39 is 0 Å². The van der Waals surface area contributed by atoms with Gasteiger partial charge in [0.05, 0.1) is 23.9 Å². The highest BCUT2D eigenvalue weighted by Gasteiger charge is 2.37. The van der Waals surface area contributed by atoms with Gasteiger partial charge in [-0.15, -0.1) is 0 Å². The van der Waals surface area contributed by atoms with Gasteiger partial charge in [-0.2, -0.15) is 0 Å². The lowest BCUT2D eigenvalue weighted by Crippen LogP contribution is -2.38. The highest BCUT2D eigenvalue weighted by molar-refractivity contribution is 5.94. The maximum atomic E-state index is 13.0. The Hall–Kier alpha value is -4.02. The predicted octanol–water partition coefficient (Wildman–Crippen LogP) is 4.55. The monoisotopic (exact) mass is 597 g/mol. The van der Waals surface area contributed by atoms with Crippen LogP contribution < -0.4 is 5.32 Å². The van der Waals surface area contributed by atoms with Gasteiger partial charge in [0.15, 0.2) is 0 Å². The molecule has 5 heterocycles. The maximum Gasteiger partial charge on any atom is 0.252 e. The molecule has 4 saturated heterocycles. The molecule has 4 aliphatic rings. The first kappa shape index (κ1) is 28.7. The van der Waals surface area contributed by atoms with Crippen molar-refractivity contribution < 1.29 is 23.9 Å². The van der Waals surface area contributed by atoms with Gasteiger partial charge in [0.1, 0.15) is 18.0 Å². The standard InChI is InChI=1S/C34H39N5O5/c40-32(25-15-17-38(21-25)33(41)29-5-2-18-43-29)36-26-13-11-23(12-14-26)22-7-9-24(10-8-22)27-20-35-31(37-27)28-4-1-16-39(28)34(42)30-6-3-19-44-30/h7-14,20,25,28-30H,1-6,15-19,21H2,(H,35,37)(H,36,40)/t25-,28+,29+,30+/m1/s1. The number of carbonyl (C=O) groups excluding carboxylic acids is 3. The van der Waals surface area contributed by atoms with Crippen LogP contribution >= 0.6 is 0 Å². The lowest BCUT2D eigenvalue weighted by molar-refractivity contribution is -0.142. The van der Waals surface area contributed by atoms with E-state index in [2.05, 4.69) is 39.6 Å². The molecule has 4 atom stereocenters. The summed E-state index contributed by atoms with van der Waals surface area (Å²) in [5.41, 5.74) is 4.79. The van der Waals surface area contributed by atoms with Gasteiger partial charge in [-0.1, -0.05) is 36.4 Å². The molecule has 0 spiro atoms. The van der Waals surface area contributed by atoms with Gasteiger partial charge < -0.3 is 29.6 Å². The number of benzene rings is 2. The molecule has 0 radical (unpaired) electrons. The largest absolute Gasteiger partial charge is 0.368 e. The Morgan fingerprint density at radius 3 is 2.11 bits per heavy atom. The van der Waals surface area contributed by atoms with Crippen molar-refractivity contribution in [3.8, 4) is 22.4 Å². The van der Waals surface area contributed by atoms with E-state index in [1.165, 1.54) is 0 Å². The van der Waals surface area contributed by atoms with Crippen molar-refractivity contribution in [3.05, 3.63) is 60.6 Å². The van der Waals surface area contributed by atoms with E-state index in [9.17, 15) is 14.4 Å². The summed E-state index contributed by atoms with van der Waals surface area (Å²) in [4.78, 5) is 50.4. The zero-order valence-electron chi connectivity index (χ0n) is 24.9. The summed E-state index contributed by atoms with van der Waals surface area (Å²) in [6.45, 7) is 3.09. The minimum absolute atomic E-state index is 0.0168. The minimum atomic E-state index is -0.341. The van der Waals surface area contributed by atoms with Crippen molar-refractivity contribution >= 4 is 23.4 Å². The smallest absolute Gasteiger partial charge is 0.252 e. The number of hydrogen-bond donors (Lipinski definition) is 2. The minimum Gasteiger partial charge on any atom is -0.368 e. The average Bonchev–Trinajstić information content (AvgIpc) is 3.90. The first-order valence-electron chi connectivity index (χ1n) is 15.9. The van der Waals surface area contributed by atoms with Crippen molar-refractivity contribution in [1.29, 1.82) is 0 Å². The highest BCUT2D eigenvalue weighted by atomic mass is 16.5. The Morgan fingerprint density at radius 2 is 1.43 bits per heavy atom. The summed E-state index contributed by atoms with van der Waals surface area (Å²) in [7, 11) is 0. The second kappa shape index (κ2) is 12.5. The number of anilines is 1. The molecule has 2 N–H and O–H groups in total. The Morgan fingerprint density at radius 1 is 0.773 bits per heavy atom. The van der Waals surface area contributed by atoms with Crippen LogP contribution in [0.3, 0.4) is 0 Å². The Kier molecular flexibility index (Phi) is 8.18. The summed E-state index contributed by atoms with van der Waals surface area (Å²) < 4.78 is 11.2. The lowest BCUT2D eigenvalue weighted by atomic mass is 10.0. The number of imidazole rings is 1. The summed E-state index contributed by atoms with van der Waals surface area (Å²) >= 11 is 0. The molecule has 0 saturated carbocycles. The molecule has 44 heavy (non-hydrogen) atoms. The number of H-pyrrole nitrogens is 1. The van der Waals surface area contributed by atoms with Gasteiger partial charge in [-0.05, 0) is 73.8 Å². The van der Waals surface area contributed by atoms with Crippen molar-refractivity contribution in [2.75, 3.05) is 38.2 Å². The molecule has 4 aliphatic heterocycles. The molecule has 230 valence electrons. The normalized spacial score (nSPS) is 25.1. The lowest BCUT2D eigenvalue weighted by Gasteiger charge is -2.25. The number of rotatable bonds is 7. The number of nitrogens with one attached hydrogen (secondary N) is 2. The van der Waals surface area contributed by atoms with Crippen LogP contribution in [0.1, 0.15) is 56.8 Å². The number of likely N-dealkylation sites (tertiary alicyclic amines) is 2. The number of ether oxygens (including phenoxy) is 2. The molecular weight excluding hydrogens is 558 g/mol. The summed E-state index contributed by atoms with van der Waals surface area (Å²) in [5.74, 6) is 0.660. The molecule has 0 unspecified atom stereocenters. The van der Waals surface area contributed by atoms with E-state index in [0.717, 1.165) is 79.0 Å². The van der Waals surface area contributed by atoms with E-state index in [1.807, 2.05) is 35.4 Å². The fourth-order valence-electron chi connectivity index (χ4n) is 6.91. The van der Waals surface area contributed by atoms with Crippen molar-refractivity contribution in [1.82, 2.24) is 19.8 Å². The van der Waals surface area contributed by atoms with Crippen LogP contribution in [0.5, 0.6) is 0 Å². The Bertz CT molecular complexity index is 1490. The van der Waals surface area contributed by atoms with Gasteiger partial charge in [-0.3, -0.25) is 14.4 Å². The van der Waals surface area contributed by atoms with Crippen molar-refractivity contribution in [3.63, 3.8) is 0 Å². The third-order valence-electron chi connectivity index (χ3n) is 9.41. The highest BCUT2D eigenvalue weighted by Crippen LogP contribution is 2.34. The van der Waals surface area contributed by atoms with Crippen LogP contribution in [0.25, 0.3) is 22.4 Å². The molecule has 2 aromatic carbocycles. The molecule has 10 heteroatoms. The van der Waals surface area contributed by atoms with Crippen LogP contribution in [0, 0.1) is 5.92 Å². The first-order valence-corrected chi connectivity index (χ1v) is 15.9. The second-order valence-electron chi connectivity index (χ2n) is 12.3. The number of aromatic amines is 1. The van der Waals surface area contributed by atoms with Crippen molar-refractivity contribution in [2.24, 2.45) is 5.92 Å². The van der Waals surface area contributed by atoms with Crippen LogP contribution in [0.2, 0.25) is 0 Å². The zero-order chi connectivity index (χ0) is 30.0. The van der Waals surface area contributed by atoms with Gasteiger partial charge in [0.25, 0.3) is 11.8 Å². The molecule has 3 amide bonds. The molecule has 4 fully saturated rings. The van der Waals surface area contributed by atoms with Gasteiger partial charge >= 0.3 is 0 Å². The fraction of sp³-hybridized carbons (Fsp3) is 0.471. The Labute approximate surface area is 257 Å². The van der Waals surface area contributed by atoms with E-state index in [-0.39, 0.29) is 41.9 Å². The molecule has 0 bridgehead atoms. The third-order valence-corrected chi connectivity index (χ3v) is 9.41.